The number of carbonyl (C=O) groups is 1. The number of aromatic nitrogens is 1. The van der Waals surface area contributed by atoms with Gasteiger partial charge in [0.2, 0.25) is 15.9 Å². The van der Waals surface area contributed by atoms with Crippen LogP contribution in [0.15, 0.2) is 36.5 Å². The van der Waals surface area contributed by atoms with Crippen molar-refractivity contribution < 1.29 is 13.2 Å². The van der Waals surface area contributed by atoms with Crippen LogP contribution in [0.3, 0.4) is 0 Å². The molecule has 0 atom stereocenters. The molecular weight excluding hydrogens is 362 g/mol. The molecule has 0 bridgehead atoms. The quantitative estimate of drug-likeness (QED) is 0.795. The molecule has 0 radical (unpaired) electrons. The first-order valence-corrected chi connectivity index (χ1v) is 11.0. The van der Waals surface area contributed by atoms with E-state index in [1.54, 1.807) is 20.0 Å². The van der Waals surface area contributed by atoms with Gasteiger partial charge in [-0.25, -0.2) is 13.1 Å². The highest BCUT2D eigenvalue weighted by molar-refractivity contribution is 7.90. The molecule has 0 spiro atoms. The van der Waals surface area contributed by atoms with Crippen molar-refractivity contribution in [3.63, 3.8) is 0 Å². The lowest BCUT2D eigenvalue weighted by Crippen LogP contribution is -2.43. The Bertz CT molecular complexity index is 898. The Morgan fingerprint density at radius 2 is 1.85 bits per heavy atom. The summed E-state index contributed by atoms with van der Waals surface area (Å²) in [5, 5.41) is 3.65. The molecule has 1 saturated carbocycles. The molecule has 0 saturated heterocycles. The fourth-order valence-corrected chi connectivity index (χ4v) is 4.45. The normalized spacial score (nSPS) is 20.7. The van der Waals surface area contributed by atoms with Gasteiger partial charge >= 0.3 is 0 Å². The molecule has 1 fully saturated rings. The predicted octanol–water partition coefficient (Wildman–Crippen LogP) is 2.74. The van der Waals surface area contributed by atoms with Gasteiger partial charge in [0.25, 0.3) is 0 Å². The fourth-order valence-electron chi connectivity index (χ4n) is 3.48. The molecule has 1 aliphatic rings. The van der Waals surface area contributed by atoms with Crippen LogP contribution in [0.5, 0.6) is 0 Å². The van der Waals surface area contributed by atoms with Crippen LogP contribution in [-0.4, -0.2) is 30.6 Å². The van der Waals surface area contributed by atoms with E-state index in [1.165, 1.54) is 0 Å². The number of nitrogens with one attached hydrogen (secondary N) is 2. The van der Waals surface area contributed by atoms with E-state index in [0.29, 0.717) is 32.2 Å². The van der Waals surface area contributed by atoms with Crippen molar-refractivity contribution in [2.75, 3.05) is 0 Å². The minimum atomic E-state index is -3.26. The first-order valence-electron chi connectivity index (χ1n) is 9.48. The summed E-state index contributed by atoms with van der Waals surface area (Å²) >= 11 is 0. The molecule has 27 heavy (non-hydrogen) atoms. The van der Waals surface area contributed by atoms with Crippen molar-refractivity contribution >= 4 is 26.8 Å². The van der Waals surface area contributed by atoms with Gasteiger partial charge in [-0.2, -0.15) is 0 Å². The maximum absolute atomic E-state index is 12.5. The van der Waals surface area contributed by atoms with Crippen molar-refractivity contribution in [1.29, 1.82) is 0 Å². The molecule has 1 aliphatic carbocycles. The van der Waals surface area contributed by atoms with Crippen LogP contribution in [0.25, 0.3) is 10.9 Å². The number of carbonyl (C=O) groups excluding carboxylic acids is 1. The van der Waals surface area contributed by atoms with Crippen molar-refractivity contribution in [1.82, 2.24) is 15.0 Å². The van der Waals surface area contributed by atoms with Crippen LogP contribution in [0, 0.1) is 5.92 Å². The summed E-state index contributed by atoms with van der Waals surface area (Å²) in [6, 6.07) is 9.75. The topological polar surface area (TPSA) is 88.2 Å². The molecular formula is C20H27N3O3S. The smallest absolute Gasteiger partial charge is 0.223 e. The maximum Gasteiger partial charge on any atom is 0.223 e. The van der Waals surface area contributed by atoms with E-state index >= 15 is 0 Å². The van der Waals surface area contributed by atoms with Crippen LogP contribution < -0.4 is 10.0 Å². The lowest BCUT2D eigenvalue weighted by Gasteiger charge is -2.28. The summed E-state index contributed by atoms with van der Waals surface area (Å²) in [5.74, 6) is -0.0148. The Kier molecular flexibility index (Phi) is 6.11. The number of nitrogens with zero attached hydrogens (tertiary/aromatic N) is 1. The van der Waals surface area contributed by atoms with Gasteiger partial charge in [0.1, 0.15) is 0 Å². The van der Waals surface area contributed by atoms with Gasteiger partial charge in [-0.05, 0) is 57.2 Å². The molecule has 146 valence electrons. The largest absolute Gasteiger partial charge is 0.352 e. The van der Waals surface area contributed by atoms with E-state index in [4.69, 9.17) is 0 Å². The second-order valence-electron chi connectivity index (χ2n) is 7.47. The van der Waals surface area contributed by atoms with Crippen molar-refractivity contribution in [2.45, 2.75) is 57.4 Å². The summed E-state index contributed by atoms with van der Waals surface area (Å²) in [5.41, 5.74) is 1.97. The SMILES string of the molecule is CC(C)S(=O)(=O)NC1CCC(C(=O)NCc2ccnc3ccccc23)CC1. The van der Waals surface area contributed by atoms with Crippen molar-refractivity contribution in [3.05, 3.63) is 42.1 Å². The second-order valence-corrected chi connectivity index (χ2v) is 9.73. The Hall–Kier alpha value is -1.99. The summed E-state index contributed by atoms with van der Waals surface area (Å²) in [4.78, 5) is 16.9. The first kappa shape index (κ1) is 19.8. The Morgan fingerprint density at radius 1 is 1.15 bits per heavy atom. The molecule has 1 heterocycles. The summed E-state index contributed by atoms with van der Waals surface area (Å²) in [6.45, 7) is 3.82. The summed E-state index contributed by atoms with van der Waals surface area (Å²) in [7, 11) is -3.26. The van der Waals surface area contributed by atoms with Gasteiger partial charge in [0.05, 0.1) is 10.8 Å². The van der Waals surface area contributed by atoms with E-state index in [1.807, 2.05) is 30.3 Å². The number of pyridine rings is 1. The average molecular weight is 390 g/mol. The molecule has 6 nitrogen and oxygen atoms in total. The van der Waals surface area contributed by atoms with E-state index in [-0.39, 0.29) is 17.9 Å². The molecule has 0 aliphatic heterocycles. The number of hydrogen-bond donors (Lipinski definition) is 2. The third-order valence-electron chi connectivity index (χ3n) is 5.24. The zero-order valence-electron chi connectivity index (χ0n) is 15.8. The average Bonchev–Trinajstić information content (AvgIpc) is 2.66. The third-order valence-corrected chi connectivity index (χ3v) is 7.14. The summed E-state index contributed by atoms with van der Waals surface area (Å²) in [6.07, 6.45) is 4.56. The first-order chi connectivity index (χ1) is 12.9. The lowest BCUT2D eigenvalue weighted by atomic mass is 9.86. The van der Waals surface area contributed by atoms with E-state index < -0.39 is 15.3 Å². The molecule has 0 unspecified atom stereocenters. The van der Waals surface area contributed by atoms with Crippen LogP contribution in [0.1, 0.15) is 45.1 Å². The number of rotatable bonds is 6. The van der Waals surface area contributed by atoms with Gasteiger partial charge in [-0.3, -0.25) is 9.78 Å². The standard InChI is InChI=1S/C20H27N3O3S/c1-14(2)27(25,26)23-17-9-7-15(8-10-17)20(24)22-13-16-11-12-21-19-6-4-3-5-18(16)19/h3-6,11-12,14-15,17,23H,7-10,13H2,1-2H3,(H,22,24). The minimum Gasteiger partial charge on any atom is -0.352 e. The molecule has 1 aromatic heterocycles. The molecule has 2 aromatic rings. The fraction of sp³-hybridized carbons (Fsp3) is 0.500. The lowest BCUT2D eigenvalue weighted by molar-refractivity contribution is -0.126. The Morgan fingerprint density at radius 3 is 2.56 bits per heavy atom. The van der Waals surface area contributed by atoms with Gasteiger partial charge in [0.15, 0.2) is 0 Å². The molecule has 2 N–H and O–H groups in total. The third kappa shape index (κ3) is 4.84. The second kappa shape index (κ2) is 8.35. The zero-order chi connectivity index (χ0) is 19.4. The minimum absolute atomic E-state index is 0.0426. The van der Waals surface area contributed by atoms with Gasteiger partial charge in [-0.15, -0.1) is 0 Å². The monoisotopic (exact) mass is 389 g/mol. The predicted molar refractivity (Wildman–Crippen MR) is 107 cm³/mol. The maximum atomic E-state index is 12.5. The number of para-hydroxylation sites is 1. The van der Waals surface area contributed by atoms with E-state index in [0.717, 1.165) is 16.5 Å². The zero-order valence-corrected chi connectivity index (χ0v) is 16.6. The van der Waals surface area contributed by atoms with Crippen molar-refractivity contribution in [3.8, 4) is 0 Å². The van der Waals surface area contributed by atoms with Gasteiger partial charge < -0.3 is 5.32 Å². The van der Waals surface area contributed by atoms with Gasteiger partial charge in [-0.1, -0.05) is 18.2 Å². The molecule has 1 amide bonds. The number of benzene rings is 1. The van der Waals surface area contributed by atoms with Gasteiger partial charge in [0, 0.05) is 30.1 Å². The summed E-state index contributed by atoms with van der Waals surface area (Å²) < 4.78 is 26.7. The highest BCUT2D eigenvalue weighted by atomic mass is 32.2. The number of sulfonamides is 1. The highest BCUT2D eigenvalue weighted by Gasteiger charge is 2.29. The Balaban J connectivity index is 1.53. The number of amides is 1. The molecule has 1 aromatic carbocycles. The highest BCUT2D eigenvalue weighted by Crippen LogP contribution is 2.25. The van der Waals surface area contributed by atoms with Crippen LogP contribution >= 0.6 is 0 Å². The number of hydrogen-bond acceptors (Lipinski definition) is 4. The number of fused-ring (bicyclic) bond motifs is 1. The van der Waals surface area contributed by atoms with Crippen LogP contribution in [-0.2, 0) is 21.4 Å². The molecule has 7 heteroatoms. The van der Waals surface area contributed by atoms with Crippen molar-refractivity contribution in [2.24, 2.45) is 5.92 Å². The molecule has 3 rings (SSSR count). The van der Waals surface area contributed by atoms with E-state index in [2.05, 4.69) is 15.0 Å². The van der Waals surface area contributed by atoms with E-state index in [9.17, 15) is 13.2 Å². The van der Waals surface area contributed by atoms with Crippen LogP contribution in [0.2, 0.25) is 0 Å². The van der Waals surface area contributed by atoms with Crippen LogP contribution in [0.4, 0.5) is 0 Å². The Labute approximate surface area is 160 Å².